The van der Waals surface area contributed by atoms with E-state index in [1.807, 2.05) is 407 Å². The second-order valence-corrected chi connectivity index (χ2v) is 28.1. The number of hydrogen-bond donors (Lipinski definition) is 0. The first-order chi connectivity index (χ1) is 70.0. The molecule has 14 heterocycles. The summed E-state index contributed by atoms with van der Waals surface area (Å²) in [5.41, 5.74) is 23.8. The first-order valence-corrected chi connectivity index (χ1v) is 50.2. The highest BCUT2D eigenvalue weighted by molar-refractivity contribution is 5.87. The van der Waals surface area contributed by atoms with E-state index in [0.717, 1.165) is 121 Å². The van der Waals surface area contributed by atoms with Crippen molar-refractivity contribution in [2.75, 3.05) is 0 Å². The molecule has 748 valence electrons. The van der Waals surface area contributed by atoms with Gasteiger partial charge in [-0.2, -0.15) is 0 Å². The largest absolute Gasteiger partial charge is 0.264 e. The Labute approximate surface area is 853 Å². The molecule has 14 aromatic heterocycles. The van der Waals surface area contributed by atoms with Crippen molar-refractivity contribution in [3.8, 4) is 0 Å². The molecule has 0 aliphatic heterocycles. The molecule has 22 aromatic rings. The number of aryl methyl sites for hydroxylation is 11. The second kappa shape index (κ2) is 77.2. The lowest BCUT2D eigenvalue weighted by molar-refractivity contribution is 1.09. The third-order valence-electron chi connectivity index (χ3n) is 18.8. The van der Waals surface area contributed by atoms with Crippen LogP contribution in [-0.2, 0) is 0 Å². The Hall–Kier alpha value is -15.7. The summed E-state index contributed by atoms with van der Waals surface area (Å²) in [7, 11) is 0. The minimum atomic E-state index is 0.823. The SMILES string of the molecule is CC.CC.CC.CC.CC.CC.CC.CC.CC.CC.CC.Cc1ccc2ccncc2c1.Cc1ccc2cncnc2c1.Cc1ccc2ncccc2n1.Cc1ccc2ncncc2c1.Cc1cccc2ccncc12.Cc1cccc2cncnc12.Cc1cccc2ncncc12.Cc1ccnc2cccnc12.Cc1cnc2cccnc2c1.Cc1ncc2ccccc2n1.Cc1ncnc2ccccc12. The summed E-state index contributed by atoms with van der Waals surface area (Å²) in [5, 5.41) is 11.6. The molecule has 8 aromatic carbocycles. The molecule has 0 radical (unpaired) electrons. The van der Waals surface area contributed by atoms with Gasteiger partial charge >= 0.3 is 0 Å². The van der Waals surface area contributed by atoms with Crippen LogP contribution in [0.2, 0.25) is 0 Å². The minimum absolute atomic E-state index is 0.823. The zero-order chi connectivity index (χ0) is 106. The predicted molar refractivity (Wildman–Crippen MR) is 616 cm³/mol. The molecule has 0 aliphatic carbocycles. The molecule has 0 unspecified atom stereocenters. The quantitative estimate of drug-likeness (QED) is 0.137. The Kier molecular flexibility index (Phi) is 67.6. The number of rotatable bonds is 0. The van der Waals surface area contributed by atoms with Gasteiger partial charge in [0.1, 0.15) is 37.5 Å². The number of para-hydroxylation sites is 3. The van der Waals surface area contributed by atoms with E-state index in [1.54, 1.807) is 56.4 Å². The first kappa shape index (κ1) is 125. The lowest BCUT2D eigenvalue weighted by Crippen LogP contribution is -1.86. The van der Waals surface area contributed by atoms with Crippen LogP contribution in [0, 0.1) is 76.2 Å². The summed E-state index contributed by atoms with van der Waals surface area (Å²) >= 11 is 0. The summed E-state index contributed by atoms with van der Waals surface area (Å²) in [5.74, 6) is 0.823. The summed E-state index contributed by atoms with van der Waals surface area (Å²) in [4.78, 5) is 82.3. The molecule has 22 rings (SSSR count). The van der Waals surface area contributed by atoms with Crippen LogP contribution in [0.4, 0.5) is 0 Å². The number of benzene rings is 8. The highest BCUT2D eigenvalue weighted by Gasteiger charge is 2.03. The normalized spacial score (nSPS) is 9.15. The van der Waals surface area contributed by atoms with Gasteiger partial charge < -0.3 is 0 Å². The molecular formula is C123H156N20. The number of aromatic nitrogens is 20. The van der Waals surface area contributed by atoms with E-state index in [-0.39, 0.29) is 0 Å². The topological polar surface area (TPSA) is 258 Å². The van der Waals surface area contributed by atoms with Crippen LogP contribution in [0.5, 0.6) is 0 Å². The van der Waals surface area contributed by atoms with Crippen LogP contribution in [0.3, 0.4) is 0 Å². The smallest absolute Gasteiger partial charge is 0.125 e. The fourth-order valence-corrected chi connectivity index (χ4v) is 12.4. The molecular weight excluding hydrogens is 1760 g/mol. The Morgan fingerprint density at radius 2 is 0.594 bits per heavy atom. The van der Waals surface area contributed by atoms with Crippen molar-refractivity contribution in [1.82, 2.24) is 99.7 Å². The molecule has 0 aliphatic rings. The van der Waals surface area contributed by atoms with Crippen molar-refractivity contribution in [2.45, 2.75) is 228 Å². The summed E-state index contributed by atoms with van der Waals surface area (Å²) < 4.78 is 0. The van der Waals surface area contributed by atoms with Gasteiger partial charge in [0.25, 0.3) is 0 Å². The van der Waals surface area contributed by atoms with Gasteiger partial charge in [0.15, 0.2) is 0 Å². The summed E-state index contributed by atoms with van der Waals surface area (Å²) in [6, 6.07) is 76.6. The lowest BCUT2D eigenvalue weighted by atomic mass is 10.1. The summed E-state index contributed by atoms with van der Waals surface area (Å²) in [6.45, 7) is 66.3. The summed E-state index contributed by atoms with van der Waals surface area (Å²) in [6.07, 6.45) is 33.5. The van der Waals surface area contributed by atoms with Gasteiger partial charge in [-0.3, -0.25) is 39.9 Å². The Morgan fingerprint density at radius 1 is 0.168 bits per heavy atom. The Balaban J connectivity index is 0.000000771. The third-order valence-corrected chi connectivity index (χ3v) is 18.8. The van der Waals surface area contributed by atoms with Gasteiger partial charge in [-0.15, -0.1) is 0 Å². The second-order valence-electron chi connectivity index (χ2n) is 28.1. The van der Waals surface area contributed by atoms with Crippen molar-refractivity contribution in [3.63, 3.8) is 0 Å². The van der Waals surface area contributed by atoms with E-state index >= 15 is 0 Å². The molecule has 20 nitrogen and oxygen atoms in total. The molecule has 20 heteroatoms. The maximum atomic E-state index is 4.31. The molecule has 0 spiro atoms. The standard InChI is InChI=1S/2C10H9N.9C9H8N2.11C2H6/c1-8-2-3-9-4-5-11-7-10(9)6-8;1-8-3-2-4-9-5-6-11-7-10(8)9;1-7-2-3-9-8(4-7)5-10-6-11-9;1-7-2-3-8-5-10-6-11-9(8)4-7;1-7-4-5-8-9(11-7)3-2-6-10-8;1-7-4-6-10-8-3-2-5-11-9(7)8;1-7-5-9-8(11-6-7)3-2-4-10-9;1-7-3-2-4-9-8(7)5-10-6-11-9;1-7-3-2-4-8-5-10-6-11-9(7)8;1-7-8-4-2-3-5-9(8)11-6-10-7;1-7-10-6-8-4-2-3-5-9(8)11-7;11*1-2/h2*2-7H,1H3;9*2-6H,1H3;11*1-2H3. The highest BCUT2D eigenvalue weighted by Crippen LogP contribution is 2.21. The Bertz CT molecular complexity index is 6030. The number of pyridine rings is 8. The molecule has 0 bridgehead atoms. The predicted octanol–water partition coefficient (Wildman–Crippen LogP) is 33.8. The maximum Gasteiger partial charge on any atom is 0.125 e. The maximum absolute atomic E-state index is 4.31. The van der Waals surface area contributed by atoms with Crippen LogP contribution in [0.15, 0.2) is 349 Å². The van der Waals surface area contributed by atoms with E-state index < -0.39 is 0 Å². The third kappa shape index (κ3) is 44.5. The van der Waals surface area contributed by atoms with Gasteiger partial charge in [0, 0.05) is 141 Å². The molecule has 0 atom stereocenters. The van der Waals surface area contributed by atoms with Crippen LogP contribution in [0.1, 0.15) is 214 Å². The van der Waals surface area contributed by atoms with Crippen molar-refractivity contribution in [3.05, 3.63) is 411 Å². The van der Waals surface area contributed by atoms with Crippen molar-refractivity contribution in [1.29, 1.82) is 0 Å². The van der Waals surface area contributed by atoms with Gasteiger partial charge in [-0.25, -0.2) is 59.8 Å². The van der Waals surface area contributed by atoms with Crippen LogP contribution in [-0.4, -0.2) is 99.7 Å². The average molecular weight is 1910 g/mol. The highest BCUT2D eigenvalue weighted by atomic mass is 14.9. The monoisotopic (exact) mass is 1910 g/mol. The minimum Gasteiger partial charge on any atom is -0.264 e. The lowest BCUT2D eigenvalue weighted by Gasteiger charge is -1.98. The Morgan fingerprint density at radius 3 is 1.24 bits per heavy atom. The molecule has 0 saturated heterocycles. The van der Waals surface area contributed by atoms with Crippen LogP contribution in [0.25, 0.3) is 120 Å². The zero-order valence-electron chi connectivity index (χ0n) is 91.4. The van der Waals surface area contributed by atoms with Gasteiger partial charge in [-0.05, 0) is 236 Å². The van der Waals surface area contributed by atoms with E-state index in [4.69, 9.17) is 0 Å². The molecule has 0 saturated carbocycles. The van der Waals surface area contributed by atoms with Gasteiger partial charge in [0.05, 0.1) is 66.2 Å². The van der Waals surface area contributed by atoms with E-state index in [0.29, 0.717) is 0 Å². The van der Waals surface area contributed by atoms with E-state index in [2.05, 4.69) is 214 Å². The molecule has 143 heavy (non-hydrogen) atoms. The van der Waals surface area contributed by atoms with Crippen LogP contribution >= 0.6 is 0 Å². The fraction of sp³-hybridized carbons (Fsp3) is 0.268. The van der Waals surface area contributed by atoms with Gasteiger partial charge in [0.2, 0.25) is 0 Å². The molecule has 0 fully saturated rings. The fourth-order valence-electron chi connectivity index (χ4n) is 12.4. The first-order valence-electron chi connectivity index (χ1n) is 50.2. The zero-order valence-corrected chi connectivity index (χ0v) is 91.4. The average Bonchev–Trinajstić information content (AvgIpc) is 0.839. The number of nitrogens with zero attached hydrogens (tertiary/aromatic N) is 20. The van der Waals surface area contributed by atoms with Gasteiger partial charge in [-0.1, -0.05) is 279 Å². The van der Waals surface area contributed by atoms with Crippen molar-refractivity contribution in [2.24, 2.45) is 0 Å². The molecule has 0 amide bonds. The van der Waals surface area contributed by atoms with Crippen molar-refractivity contribution < 1.29 is 0 Å². The molecule has 0 N–H and O–H groups in total. The van der Waals surface area contributed by atoms with Crippen LogP contribution < -0.4 is 0 Å². The number of hydrogen-bond acceptors (Lipinski definition) is 20. The van der Waals surface area contributed by atoms with E-state index in [9.17, 15) is 0 Å². The number of fused-ring (bicyclic) bond motifs is 11. The van der Waals surface area contributed by atoms with E-state index in [1.165, 1.54) is 60.5 Å². The van der Waals surface area contributed by atoms with Crippen molar-refractivity contribution >= 4 is 120 Å².